The van der Waals surface area contributed by atoms with Gasteiger partial charge >= 0.3 is 0 Å². The summed E-state index contributed by atoms with van der Waals surface area (Å²) in [6, 6.07) is 7.37. The summed E-state index contributed by atoms with van der Waals surface area (Å²) in [5, 5.41) is 0. The molecular weight excluding hydrogens is 288 g/mol. The molecule has 0 saturated heterocycles. The average molecular weight is 314 g/mol. The van der Waals surface area contributed by atoms with Crippen LogP contribution < -0.4 is 0 Å². The highest BCUT2D eigenvalue weighted by Crippen LogP contribution is 2.63. The van der Waals surface area contributed by atoms with E-state index in [0.717, 1.165) is 0 Å². The number of allylic oxidation sites excluding steroid dienone is 1. The van der Waals surface area contributed by atoms with Gasteiger partial charge in [0.2, 0.25) is 0 Å². The van der Waals surface area contributed by atoms with Crippen molar-refractivity contribution >= 4 is 6.08 Å². The molecule has 0 N–H and O–H groups in total. The van der Waals surface area contributed by atoms with Gasteiger partial charge in [0, 0.05) is 5.41 Å². The monoisotopic (exact) mass is 314 g/mol. The Morgan fingerprint density at radius 1 is 0.875 bits per heavy atom. The van der Waals surface area contributed by atoms with Gasteiger partial charge in [-0.15, -0.1) is 0 Å². The fourth-order valence-corrected chi connectivity index (χ4v) is 5.69. The van der Waals surface area contributed by atoms with E-state index in [0.29, 0.717) is 5.92 Å². The van der Waals surface area contributed by atoms with Gasteiger partial charge in [-0.2, -0.15) is 0 Å². The zero-order valence-corrected chi connectivity index (χ0v) is 15.7. The van der Waals surface area contributed by atoms with Gasteiger partial charge in [0.1, 0.15) is 0 Å². The zero-order chi connectivity index (χ0) is 17.0. The van der Waals surface area contributed by atoms with E-state index in [-0.39, 0.29) is 10.8 Å². The van der Waals surface area contributed by atoms with Crippen molar-refractivity contribution in [3.8, 4) is 11.1 Å². The van der Waals surface area contributed by atoms with Crippen molar-refractivity contribution in [2.75, 3.05) is 0 Å². The molecule has 0 heteroatoms. The predicted molar refractivity (Wildman–Crippen MR) is 103 cm³/mol. The van der Waals surface area contributed by atoms with Crippen LogP contribution in [0.5, 0.6) is 0 Å². The van der Waals surface area contributed by atoms with Crippen molar-refractivity contribution in [2.45, 2.75) is 64.7 Å². The standard InChI is InChI=1S/C24H26/c1-13-10-17-21-18(11-13)24(5,6)19-12-14(2)15-8-7-9-16(23(17,3)4)20(15)22(19)21/h7-8,10-12,16H,9H2,1-6H3. The second-order valence-electron chi connectivity index (χ2n) is 9.22. The lowest BCUT2D eigenvalue weighted by atomic mass is 9.59. The van der Waals surface area contributed by atoms with Crippen molar-refractivity contribution < 1.29 is 0 Å². The molecule has 0 aromatic heterocycles. The molecule has 0 heterocycles. The molecule has 0 radical (unpaired) electrons. The molecule has 0 fully saturated rings. The Labute approximate surface area is 145 Å². The number of hydrogen-bond donors (Lipinski definition) is 0. The van der Waals surface area contributed by atoms with Crippen molar-refractivity contribution in [1.82, 2.24) is 0 Å². The Kier molecular flexibility index (Phi) is 2.45. The lowest BCUT2D eigenvalue weighted by Crippen LogP contribution is -2.33. The molecule has 122 valence electrons. The lowest BCUT2D eigenvalue weighted by Gasteiger charge is -2.44. The van der Waals surface area contributed by atoms with Crippen LogP contribution in [0.1, 0.15) is 79.0 Å². The molecule has 1 unspecified atom stereocenters. The van der Waals surface area contributed by atoms with Gasteiger partial charge in [0.25, 0.3) is 0 Å². The summed E-state index contributed by atoms with van der Waals surface area (Å²) in [5.74, 6) is 0.599. The summed E-state index contributed by atoms with van der Waals surface area (Å²) >= 11 is 0. The van der Waals surface area contributed by atoms with Gasteiger partial charge in [-0.3, -0.25) is 0 Å². The minimum Gasteiger partial charge on any atom is -0.0833 e. The van der Waals surface area contributed by atoms with Crippen LogP contribution in [0.15, 0.2) is 24.3 Å². The van der Waals surface area contributed by atoms with Crippen LogP contribution >= 0.6 is 0 Å². The maximum atomic E-state index is 2.47. The summed E-state index contributed by atoms with van der Waals surface area (Å²) in [6.07, 6.45) is 5.94. The molecule has 2 aromatic carbocycles. The molecule has 0 amide bonds. The topological polar surface area (TPSA) is 0 Å². The van der Waals surface area contributed by atoms with E-state index in [2.05, 4.69) is 71.9 Å². The Morgan fingerprint density at radius 3 is 2.29 bits per heavy atom. The van der Waals surface area contributed by atoms with Gasteiger partial charge in [-0.25, -0.2) is 0 Å². The lowest BCUT2D eigenvalue weighted by molar-refractivity contribution is 0.406. The summed E-state index contributed by atoms with van der Waals surface area (Å²) in [5.41, 5.74) is 14.1. The highest BCUT2D eigenvalue weighted by atomic mass is 14.5. The smallest absolute Gasteiger partial charge is 0.0159 e. The number of benzene rings is 2. The summed E-state index contributed by atoms with van der Waals surface area (Å²) < 4.78 is 0. The van der Waals surface area contributed by atoms with Crippen LogP contribution in [0.25, 0.3) is 17.2 Å². The average Bonchev–Trinajstić information content (AvgIpc) is 2.74. The molecule has 1 atom stereocenters. The molecule has 24 heavy (non-hydrogen) atoms. The van der Waals surface area contributed by atoms with Gasteiger partial charge in [-0.05, 0) is 76.1 Å². The molecule has 5 rings (SSSR count). The first-order chi connectivity index (χ1) is 11.2. The van der Waals surface area contributed by atoms with Gasteiger partial charge in [0.05, 0.1) is 0 Å². The van der Waals surface area contributed by atoms with Crippen molar-refractivity contribution in [3.63, 3.8) is 0 Å². The second kappa shape index (κ2) is 4.04. The van der Waals surface area contributed by atoms with E-state index < -0.39 is 0 Å². The molecule has 0 bridgehead atoms. The normalized spacial score (nSPS) is 23.3. The molecule has 0 aliphatic heterocycles. The van der Waals surface area contributed by atoms with E-state index in [1.807, 2.05) is 0 Å². The van der Waals surface area contributed by atoms with Crippen LogP contribution in [-0.4, -0.2) is 0 Å². The fourth-order valence-electron chi connectivity index (χ4n) is 5.69. The van der Waals surface area contributed by atoms with E-state index >= 15 is 0 Å². The first kappa shape index (κ1) is 14.5. The number of hydrogen-bond acceptors (Lipinski definition) is 0. The van der Waals surface area contributed by atoms with Gasteiger partial charge in [0.15, 0.2) is 0 Å². The quantitative estimate of drug-likeness (QED) is 0.527. The minimum absolute atomic E-state index is 0.108. The van der Waals surface area contributed by atoms with Crippen LogP contribution in [-0.2, 0) is 10.8 Å². The molecule has 0 spiro atoms. The van der Waals surface area contributed by atoms with Crippen LogP contribution in [0.4, 0.5) is 0 Å². The second-order valence-corrected chi connectivity index (χ2v) is 9.22. The van der Waals surface area contributed by atoms with Crippen LogP contribution in [0.2, 0.25) is 0 Å². The molecule has 2 aromatic rings. The maximum Gasteiger partial charge on any atom is 0.0159 e. The van der Waals surface area contributed by atoms with Crippen LogP contribution in [0.3, 0.4) is 0 Å². The largest absolute Gasteiger partial charge is 0.0833 e. The van der Waals surface area contributed by atoms with Gasteiger partial charge in [-0.1, -0.05) is 63.6 Å². The molecule has 3 aliphatic carbocycles. The first-order valence-corrected chi connectivity index (χ1v) is 9.25. The predicted octanol–water partition coefficient (Wildman–Crippen LogP) is 6.40. The third kappa shape index (κ3) is 1.42. The Hall–Kier alpha value is -1.82. The highest BCUT2D eigenvalue weighted by molar-refractivity contribution is 5.92. The van der Waals surface area contributed by atoms with E-state index in [4.69, 9.17) is 0 Å². The first-order valence-electron chi connectivity index (χ1n) is 9.25. The maximum absolute atomic E-state index is 2.47. The summed E-state index contributed by atoms with van der Waals surface area (Å²) in [4.78, 5) is 0. The molecular formula is C24H26. The Bertz CT molecular complexity index is 951. The zero-order valence-electron chi connectivity index (χ0n) is 15.7. The van der Waals surface area contributed by atoms with Crippen molar-refractivity contribution in [1.29, 1.82) is 0 Å². The van der Waals surface area contributed by atoms with Crippen molar-refractivity contribution in [2.24, 2.45) is 0 Å². The third-order valence-electron chi connectivity index (χ3n) is 7.06. The SMILES string of the molecule is Cc1cc2c3c(c1)C(C)(C)C1CC=Cc4c(C)cc(c-3c41)C2(C)C. The number of aryl methyl sites for hydroxylation is 2. The Balaban J connectivity index is 2.06. The van der Waals surface area contributed by atoms with Crippen molar-refractivity contribution in [3.05, 3.63) is 63.2 Å². The Morgan fingerprint density at radius 2 is 1.54 bits per heavy atom. The number of rotatable bonds is 0. The summed E-state index contributed by atoms with van der Waals surface area (Å²) in [6.45, 7) is 14.3. The van der Waals surface area contributed by atoms with Gasteiger partial charge < -0.3 is 0 Å². The fraction of sp³-hybridized carbons (Fsp3) is 0.417. The molecule has 0 saturated carbocycles. The summed E-state index contributed by atoms with van der Waals surface area (Å²) in [7, 11) is 0. The van der Waals surface area contributed by atoms with Crippen LogP contribution in [0, 0.1) is 13.8 Å². The van der Waals surface area contributed by atoms with E-state index in [1.54, 1.807) is 33.4 Å². The minimum atomic E-state index is 0.108. The van der Waals surface area contributed by atoms with E-state index in [1.165, 1.54) is 23.1 Å². The molecule has 0 nitrogen and oxygen atoms in total. The van der Waals surface area contributed by atoms with E-state index in [9.17, 15) is 0 Å². The molecule has 3 aliphatic rings. The third-order valence-corrected chi connectivity index (χ3v) is 7.06. The highest BCUT2D eigenvalue weighted by Gasteiger charge is 2.49.